The van der Waals surface area contributed by atoms with Crippen LogP contribution in [0.2, 0.25) is 5.02 Å². The quantitative estimate of drug-likeness (QED) is 0.383. The van der Waals surface area contributed by atoms with Crippen LogP contribution in [0.25, 0.3) is 6.08 Å². The second-order valence-electron chi connectivity index (χ2n) is 7.22. The molecule has 0 spiro atoms. The Bertz CT molecular complexity index is 1210. The van der Waals surface area contributed by atoms with Crippen molar-refractivity contribution in [2.45, 2.75) is 20.1 Å². The summed E-state index contributed by atoms with van der Waals surface area (Å²) >= 11 is 6.97. The Hall–Kier alpha value is -3.09. The van der Waals surface area contributed by atoms with E-state index in [-0.39, 0.29) is 34.9 Å². The van der Waals surface area contributed by atoms with Gasteiger partial charge >= 0.3 is 0 Å². The van der Waals surface area contributed by atoms with Gasteiger partial charge in [0.2, 0.25) is 0 Å². The Balaban J connectivity index is 1.55. The molecule has 32 heavy (non-hydrogen) atoms. The third-order valence-corrected chi connectivity index (χ3v) is 6.36. The Labute approximate surface area is 194 Å². The van der Waals surface area contributed by atoms with Gasteiger partial charge in [-0.2, -0.15) is 0 Å². The highest BCUT2D eigenvalue weighted by molar-refractivity contribution is 8.18. The number of amides is 2. The highest BCUT2D eigenvalue weighted by Gasteiger charge is 2.35. The van der Waals surface area contributed by atoms with Gasteiger partial charge in [-0.15, -0.1) is 0 Å². The number of ether oxygens (including phenoxy) is 1. The van der Waals surface area contributed by atoms with E-state index in [9.17, 15) is 14.0 Å². The van der Waals surface area contributed by atoms with Gasteiger partial charge < -0.3 is 4.74 Å². The largest absolute Gasteiger partial charge is 0.488 e. The highest BCUT2D eigenvalue weighted by Crippen LogP contribution is 2.35. The van der Waals surface area contributed by atoms with Crippen molar-refractivity contribution in [2.24, 2.45) is 0 Å². The average molecular weight is 468 g/mol. The zero-order valence-corrected chi connectivity index (χ0v) is 18.8. The Kier molecular flexibility index (Phi) is 6.63. The molecule has 0 saturated carbocycles. The normalized spacial score (nSPS) is 15.0. The molecular weight excluding hydrogens is 449 g/mol. The summed E-state index contributed by atoms with van der Waals surface area (Å²) in [4.78, 5) is 27.0. The number of rotatable bonds is 6. The molecule has 0 radical (unpaired) electrons. The lowest BCUT2D eigenvalue weighted by Gasteiger charge is -2.14. The lowest BCUT2D eigenvalue weighted by Crippen LogP contribution is -2.27. The Morgan fingerprint density at radius 2 is 1.78 bits per heavy atom. The van der Waals surface area contributed by atoms with E-state index >= 15 is 0 Å². The molecule has 1 fully saturated rings. The highest BCUT2D eigenvalue weighted by atomic mass is 35.5. The molecule has 0 bridgehead atoms. The number of imide groups is 1. The molecule has 3 aromatic carbocycles. The maximum atomic E-state index is 14.1. The van der Waals surface area contributed by atoms with Gasteiger partial charge in [0.05, 0.1) is 16.5 Å². The van der Waals surface area contributed by atoms with Crippen LogP contribution in [0, 0.1) is 12.7 Å². The van der Waals surface area contributed by atoms with Crippen LogP contribution >= 0.6 is 23.4 Å². The van der Waals surface area contributed by atoms with Crippen molar-refractivity contribution >= 4 is 40.6 Å². The zero-order chi connectivity index (χ0) is 22.7. The summed E-state index contributed by atoms with van der Waals surface area (Å²) in [6, 6.07) is 19.2. The molecule has 0 aliphatic carbocycles. The number of benzene rings is 3. The predicted octanol–water partition coefficient (Wildman–Crippen LogP) is 6.60. The Morgan fingerprint density at radius 3 is 2.56 bits per heavy atom. The number of carbonyl (C=O) groups excluding carboxylic acids is 2. The first-order chi connectivity index (χ1) is 15.4. The number of hydrogen-bond acceptors (Lipinski definition) is 4. The minimum absolute atomic E-state index is 0.0644. The molecule has 3 aromatic rings. The van der Waals surface area contributed by atoms with E-state index in [0.717, 1.165) is 22.9 Å². The first-order valence-corrected chi connectivity index (χ1v) is 11.1. The molecule has 0 unspecified atom stereocenters. The van der Waals surface area contributed by atoms with E-state index < -0.39 is 5.82 Å². The fourth-order valence-electron chi connectivity index (χ4n) is 3.29. The molecule has 7 heteroatoms. The van der Waals surface area contributed by atoms with Crippen LogP contribution in [0.3, 0.4) is 0 Å². The van der Waals surface area contributed by atoms with Gasteiger partial charge in [0, 0.05) is 11.1 Å². The van der Waals surface area contributed by atoms with Crippen molar-refractivity contribution in [2.75, 3.05) is 0 Å². The minimum Gasteiger partial charge on any atom is -0.488 e. The maximum absolute atomic E-state index is 14.1. The van der Waals surface area contributed by atoms with E-state index in [0.29, 0.717) is 16.2 Å². The summed E-state index contributed by atoms with van der Waals surface area (Å²) < 4.78 is 19.9. The number of halogens is 2. The molecule has 4 nitrogen and oxygen atoms in total. The van der Waals surface area contributed by atoms with Crippen LogP contribution in [-0.4, -0.2) is 16.0 Å². The molecule has 1 heterocycles. The first kappa shape index (κ1) is 22.1. The third kappa shape index (κ3) is 4.71. The van der Waals surface area contributed by atoms with Crippen LogP contribution in [0.15, 0.2) is 71.6 Å². The second-order valence-corrected chi connectivity index (χ2v) is 8.62. The molecule has 1 aliphatic rings. The summed E-state index contributed by atoms with van der Waals surface area (Å²) in [5.74, 6) is -0.347. The number of thioether (sulfide) groups is 1. The SMILES string of the molecule is Cc1ccccc1CN1C(=O)S/C(=C\c2ccccc2OCc2c(F)cccc2Cl)C1=O. The molecule has 4 rings (SSSR count). The number of carbonyl (C=O) groups is 2. The summed E-state index contributed by atoms with van der Waals surface area (Å²) in [6.07, 6.45) is 1.63. The number of nitrogens with zero attached hydrogens (tertiary/aromatic N) is 1. The molecule has 2 amide bonds. The number of aryl methyl sites for hydroxylation is 1. The summed E-state index contributed by atoms with van der Waals surface area (Å²) in [5, 5.41) is -0.0409. The van der Waals surface area contributed by atoms with Crippen LogP contribution in [-0.2, 0) is 17.9 Å². The molecule has 0 atom stereocenters. The molecule has 162 valence electrons. The maximum Gasteiger partial charge on any atom is 0.293 e. The zero-order valence-electron chi connectivity index (χ0n) is 17.2. The molecule has 1 aliphatic heterocycles. The van der Waals surface area contributed by atoms with E-state index in [1.54, 1.807) is 36.4 Å². The predicted molar refractivity (Wildman–Crippen MR) is 125 cm³/mol. The van der Waals surface area contributed by atoms with Gasteiger partial charge in [0.1, 0.15) is 18.2 Å². The second kappa shape index (κ2) is 9.59. The van der Waals surface area contributed by atoms with Gasteiger partial charge in [-0.1, -0.05) is 60.1 Å². The fraction of sp³-hybridized carbons (Fsp3) is 0.120. The monoisotopic (exact) mass is 467 g/mol. The lowest BCUT2D eigenvalue weighted by atomic mass is 10.1. The van der Waals surface area contributed by atoms with Crippen molar-refractivity contribution in [3.8, 4) is 5.75 Å². The fourth-order valence-corrected chi connectivity index (χ4v) is 4.33. The van der Waals surface area contributed by atoms with Gasteiger partial charge in [-0.05, 0) is 54.1 Å². The minimum atomic E-state index is -0.452. The van der Waals surface area contributed by atoms with Crippen LogP contribution in [0.1, 0.15) is 22.3 Å². The summed E-state index contributed by atoms with van der Waals surface area (Å²) in [5.41, 5.74) is 2.80. The van der Waals surface area contributed by atoms with Gasteiger partial charge in [-0.3, -0.25) is 14.5 Å². The van der Waals surface area contributed by atoms with Crippen LogP contribution in [0.5, 0.6) is 5.75 Å². The molecular formula is C25H19ClFNO3S. The third-order valence-electron chi connectivity index (χ3n) is 5.10. The molecule has 0 aromatic heterocycles. The van der Waals surface area contributed by atoms with Crippen molar-refractivity contribution in [1.29, 1.82) is 0 Å². The van der Waals surface area contributed by atoms with E-state index in [4.69, 9.17) is 16.3 Å². The van der Waals surface area contributed by atoms with Crippen molar-refractivity contribution in [3.05, 3.63) is 105 Å². The number of hydrogen-bond donors (Lipinski definition) is 0. The first-order valence-electron chi connectivity index (χ1n) is 9.88. The van der Waals surface area contributed by atoms with Crippen LogP contribution < -0.4 is 4.74 Å². The van der Waals surface area contributed by atoms with Crippen molar-refractivity contribution in [3.63, 3.8) is 0 Å². The summed E-state index contributed by atoms with van der Waals surface area (Å²) in [7, 11) is 0. The van der Waals surface area contributed by atoms with E-state index in [1.165, 1.54) is 17.0 Å². The molecule has 1 saturated heterocycles. The van der Waals surface area contributed by atoms with Gasteiger partial charge in [-0.25, -0.2) is 4.39 Å². The number of para-hydroxylation sites is 1. The van der Waals surface area contributed by atoms with Crippen LogP contribution in [0.4, 0.5) is 9.18 Å². The standard InChI is InChI=1S/C25H19ClFNO3S/c1-16-7-2-3-9-18(16)14-28-24(29)23(32-25(28)30)13-17-8-4-5-12-22(17)31-15-19-20(26)10-6-11-21(19)27/h2-13H,14-15H2,1H3/b23-13-. The smallest absolute Gasteiger partial charge is 0.293 e. The van der Waals surface area contributed by atoms with E-state index in [1.807, 2.05) is 31.2 Å². The topological polar surface area (TPSA) is 46.6 Å². The van der Waals surface area contributed by atoms with Crippen molar-refractivity contribution in [1.82, 2.24) is 4.90 Å². The summed E-state index contributed by atoms with van der Waals surface area (Å²) in [6.45, 7) is 2.10. The lowest BCUT2D eigenvalue weighted by molar-refractivity contribution is -0.123. The Morgan fingerprint density at radius 1 is 1.03 bits per heavy atom. The molecule has 0 N–H and O–H groups in total. The van der Waals surface area contributed by atoms with Crippen molar-refractivity contribution < 1.29 is 18.7 Å². The van der Waals surface area contributed by atoms with Gasteiger partial charge in [0.25, 0.3) is 11.1 Å². The van der Waals surface area contributed by atoms with Gasteiger partial charge in [0.15, 0.2) is 0 Å². The van der Waals surface area contributed by atoms with E-state index in [2.05, 4.69) is 0 Å². The average Bonchev–Trinajstić information content (AvgIpc) is 3.03.